The van der Waals surface area contributed by atoms with Crippen LogP contribution in [0.2, 0.25) is 0 Å². The molecule has 0 radical (unpaired) electrons. The van der Waals surface area contributed by atoms with Crippen molar-refractivity contribution < 1.29 is 0 Å². The van der Waals surface area contributed by atoms with E-state index in [0.717, 1.165) is 52.2 Å². The monoisotopic (exact) mass is 618 g/mol. The molecule has 0 spiro atoms. The molecule has 7 aromatic rings. The summed E-state index contributed by atoms with van der Waals surface area (Å²) < 4.78 is 0. The van der Waals surface area contributed by atoms with Crippen LogP contribution in [0.4, 0.5) is 11.4 Å². The number of benzene rings is 7. The van der Waals surface area contributed by atoms with Crippen LogP contribution in [-0.2, 0) is 12.8 Å². The van der Waals surface area contributed by atoms with Gasteiger partial charge in [-0.1, -0.05) is 165 Å². The van der Waals surface area contributed by atoms with E-state index in [1.54, 1.807) is 0 Å². The molecule has 0 saturated carbocycles. The first-order chi connectivity index (χ1) is 23.6. The van der Waals surface area contributed by atoms with Gasteiger partial charge in [0, 0.05) is 27.8 Å². The Morgan fingerprint density at radius 3 is 1.60 bits per heavy atom. The van der Waals surface area contributed by atoms with Crippen LogP contribution < -0.4 is 0 Å². The largest absolute Gasteiger partial charge is 0.246 e. The zero-order valence-corrected chi connectivity index (χ0v) is 27.7. The number of aliphatic imine (C=N–C) groups is 2. The van der Waals surface area contributed by atoms with Crippen LogP contribution in [0.1, 0.15) is 64.3 Å². The van der Waals surface area contributed by atoms with E-state index in [9.17, 15) is 0 Å². The van der Waals surface area contributed by atoms with Gasteiger partial charge in [0.25, 0.3) is 0 Å². The average Bonchev–Trinajstić information content (AvgIpc) is 3.43. The molecule has 1 aliphatic rings. The fourth-order valence-electron chi connectivity index (χ4n) is 7.53. The van der Waals surface area contributed by atoms with E-state index in [2.05, 4.69) is 166 Å². The van der Waals surface area contributed by atoms with Crippen LogP contribution in [0.15, 0.2) is 156 Å². The summed E-state index contributed by atoms with van der Waals surface area (Å²) in [5.41, 5.74) is 13.8. The van der Waals surface area contributed by atoms with E-state index >= 15 is 0 Å². The molecule has 0 unspecified atom stereocenters. The van der Waals surface area contributed by atoms with Crippen molar-refractivity contribution in [3.8, 4) is 0 Å². The maximum atomic E-state index is 5.79. The van der Waals surface area contributed by atoms with E-state index in [1.165, 1.54) is 49.5 Å². The van der Waals surface area contributed by atoms with Crippen molar-refractivity contribution >= 4 is 44.3 Å². The van der Waals surface area contributed by atoms with E-state index in [4.69, 9.17) is 9.98 Å². The molecule has 0 fully saturated rings. The molecule has 0 atom stereocenters. The number of hydrogen-bond acceptors (Lipinski definition) is 2. The Balaban J connectivity index is 1.46. The van der Waals surface area contributed by atoms with Crippen LogP contribution in [0.5, 0.6) is 0 Å². The van der Waals surface area contributed by atoms with Gasteiger partial charge in [0.2, 0.25) is 0 Å². The smallest absolute Gasteiger partial charge is 0.0979 e. The highest BCUT2D eigenvalue weighted by Crippen LogP contribution is 2.43. The van der Waals surface area contributed by atoms with Crippen LogP contribution in [0.25, 0.3) is 21.5 Å². The highest BCUT2D eigenvalue weighted by atomic mass is 14.8. The number of hydrogen-bond donors (Lipinski definition) is 0. The maximum Gasteiger partial charge on any atom is 0.0979 e. The van der Waals surface area contributed by atoms with Crippen molar-refractivity contribution in [2.24, 2.45) is 9.98 Å². The standard InChI is InChI=1S/C46H38N2/c1-4-31-28-30(3)29-32(5-2)43(31)47-45-38-24-14-21-36-22-15-25-39(42(36)38)46(45)48-44-37-23-13-12-16-33(37)26-27-40(44)41(34-17-8-6-9-18-34)35-19-10-7-11-20-35/h6-29,41H,4-5H2,1-3H3. The minimum atomic E-state index is 0.00630. The van der Waals surface area contributed by atoms with Gasteiger partial charge in [0.05, 0.1) is 22.8 Å². The molecular weight excluding hydrogens is 581 g/mol. The summed E-state index contributed by atoms with van der Waals surface area (Å²) >= 11 is 0. The molecule has 0 aliphatic heterocycles. The lowest BCUT2D eigenvalue weighted by Crippen LogP contribution is -2.12. The minimum Gasteiger partial charge on any atom is -0.246 e. The lowest BCUT2D eigenvalue weighted by Gasteiger charge is -2.22. The maximum absolute atomic E-state index is 5.79. The fraction of sp³-hybridized carbons (Fsp3) is 0.130. The molecule has 0 heterocycles. The molecule has 0 amide bonds. The zero-order valence-electron chi connectivity index (χ0n) is 27.7. The molecule has 48 heavy (non-hydrogen) atoms. The number of fused-ring (bicyclic) bond motifs is 1. The lowest BCUT2D eigenvalue weighted by molar-refractivity contribution is 0.979. The molecule has 0 saturated heterocycles. The quantitative estimate of drug-likeness (QED) is 0.159. The number of nitrogens with zero attached hydrogens (tertiary/aromatic N) is 2. The summed E-state index contributed by atoms with van der Waals surface area (Å²) in [6.45, 7) is 6.64. The van der Waals surface area contributed by atoms with E-state index in [1.807, 2.05) is 0 Å². The Kier molecular flexibility index (Phi) is 7.78. The van der Waals surface area contributed by atoms with Gasteiger partial charge >= 0.3 is 0 Å². The van der Waals surface area contributed by atoms with Crippen LogP contribution >= 0.6 is 0 Å². The summed E-state index contributed by atoms with van der Waals surface area (Å²) in [4.78, 5) is 11.4. The van der Waals surface area contributed by atoms with Crippen LogP contribution in [0.3, 0.4) is 0 Å². The van der Waals surface area contributed by atoms with E-state index < -0.39 is 0 Å². The number of aryl methyl sites for hydroxylation is 3. The Labute approximate surface area is 283 Å². The summed E-state index contributed by atoms with van der Waals surface area (Å²) in [5.74, 6) is 0.00630. The third-order valence-electron chi connectivity index (χ3n) is 9.77. The molecule has 2 nitrogen and oxygen atoms in total. The highest BCUT2D eigenvalue weighted by molar-refractivity contribution is 6.61. The number of rotatable bonds is 7. The molecule has 8 rings (SSSR count). The van der Waals surface area contributed by atoms with Crippen molar-refractivity contribution in [2.75, 3.05) is 0 Å². The molecule has 0 aromatic heterocycles. The van der Waals surface area contributed by atoms with Crippen LogP contribution in [0, 0.1) is 6.92 Å². The van der Waals surface area contributed by atoms with E-state index in [-0.39, 0.29) is 5.92 Å². The van der Waals surface area contributed by atoms with Gasteiger partial charge in [-0.15, -0.1) is 0 Å². The Morgan fingerprint density at radius 1 is 0.500 bits per heavy atom. The first-order valence-corrected chi connectivity index (χ1v) is 17.1. The normalized spacial score (nSPS) is 14.2. The van der Waals surface area contributed by atoms with E-state index in [0.29, 0.717) is 0 Å². The Bertz CT molecular complexity index is 2290. The third-order valence-corrected chi connectivity index (χ3v) is 9.77. The Hall–Kier alpha value is -5.60. The van der Waals surface area contributed by atoms with Crippen molar-refractivity contribution in [3.63, 3.8) is 0 Å². The van der Waals surface area contributed by atoms with Gasteiger partial charge in [-0.3, -0.25) is 0 Å². The van der Waals surface area contributed by atoms with Crippen molar-refractivity contribution in [2.45, 2.75) is 39.5 Å². The SMILES string of the molecule is CCc1cc(C)cc(CC)c1N=C1C(=Nc2c(C(c3ccccc3)c3ccccc3)ccc3ccccc23)c2cccc3cccc1c23. The predicted octanol–water partition coefficient (Wildman–Crippen LogP) is 11.9. The molecule has 7 aromatic carbocycles. The fourth-order valence-corrected chi connectivity index (χ4v) is 7.53. The molecule has 232 valence electrons. The van der Waals surface area contributed by atoms with Crippen molar-refractivity contribution in [1.29, 1.82) is 0 Å². The van der Waals surface area contributed by atoms with Crippen LogP contribution in [-0.4, -0.2) is 11.4 Å². The van der Waals surface area contributed by atoms with Gasteiger partial charge in [-0.05, 0) is 58.4 Å². The summed E-state index contributed by atoms with van der Waals surface area (Å²) in [7, 11) is 0. The minimum absolute atomic E-state index is 0.00630. The summed E-state index contributed by atoms with van der Waals surface area (Å²) in [5, 5.41) is 4.75. The molecule has 0 N–H and O–H groups in total. The third kappa shape index (κ3) is 5.15. The first kappa shape index (κ1) is 29.8. The van der Waals surface area contributed by atoms with Gasteiger partial charge in [0.1, 0.15) is 0 Å². The van der Waals surface area contributed by atoms with Gasteiger partial charge in [-0.25, -0.2) is 9.98 Å². The molecular formula is C46H38N2. The van der Waals surface area contributed by atoms with Gasteiger partial charge in [-0.2, -0.15) is 0 Å². The topological polar surface area (TPSA) is 24.7 Å². The van der Waals surface area contributed by atoms with Gasteiger partial charge < -0.3 is 0 Å². The summed E-state index contributed by atoms with van der Waals surface area (Å²) in [6.07, 6.45) is 1.85. The second-order valence-corrected chi connectivity index (χ2v) is 12.7. The molecule has 2 heteroatoms. The molecule has 0 bridgehead atoms. The average molecular weight is 619 g/mol. The predicted molar refractivity (Wildman–Crippen MR) is 204 cm³/mol. The first-order valence-electron chi connectivity index (χ1n) is 17.1. The lowest BCUT2D eigenvalue weighted by atomic mass is 9.83. The summed E-state index contributed by atoms with van der Waals surface area (Å²) in [6, 6.07) is 52.6. The van der Waals surface area contributed by atoms with Crippen molar-refractivity contribution in [3.05, 3.63) is 190 Å². The highest BCUT2D eigenvalue weighted by Gasteiger charge is 2.29. The molecule has 1 aliphatic carbocycles. The second kappa shape index (κ2) is 12.5. The van der Waals surface area contributed by atoms with Crippen molar-refractivity contribution in [1.82, 2.24) is 0 Å². The van der Waals surface area contributed by atoms with Gasteiger partial charge in [0.15, 0.2) is 0 Å². The second-order valence-electron chi connectivity index (χ2n) is 12.7. The zero-order chi connectivity index (χ0) is 32.6. The Morgan fingerprint density at radius 2 is 1.02 bits per heavy atom.